The van der Waals surface area contributed by atoms with Gasteiger partial charge in [0.2, 0.25) is 5.72 Å². The van der Waals surface area contributed by atoms with E-state index >= 15 is 0 Å². The van der Waals surface area contributed by atoms with Crippen LogP contribution in [0.4, 0.5) is 0 Å². The van der Waals surface area contributed by atoms with E-state index < -0.39 is 0 Å². The predicted octanol–water partition coefficient (Wildman–Crippen LogP) is 1.70. The van der Waals surface area contributed by atoms with Crippen LogP contribution in [0.3, 0.4) is 0 Å². The second-order valence-corrected chi connectivity index (χ2v) is 4.42. The van der Waals surface area contributed by atoms with E-state index in [1.807, 2.05) is 13.8 Å². The topological polar surface area (TPSA) is 33.6 Å². The van der Waals surface area contributed by atoms with Crippen LogP contribution in [0.2, 0.25) is 0 Å². The SMILES string of the molecule is CC1(C)NC(C(C)(C)C)=NO1. The zero-order chi connectivity index (χ0) is 8.70. The van der Waals surface area contributed by atoms with Gasteiger partial charge in [-0.15, -0.1) is 0 Å². The molecule has 3 heteroatoms. The van der Waals surface area contributed by atoms with Crippen molar-refractivity contribution in [3.05, 3.63) is 0 Å². The molecule has 0 atom stereocenters. The van der Waals surface area contributed by atoms with Crippen LogP contribution in [0, 0.1) is 5.41 Å². The Morgan fingerprint density at radius 1 is 1.36 bits per heavy atom. The molecule has 3 nitrogen and oxygen atoms in total. The lowest BCUT2D eigenvalue weighted by molar-refractivity contribution is -0.00235. The van der Waals surface area contributed by atoms with E-state index in [0.717, 1.165) is 5.84 Å². The minimum atomic E-state index is -0.331. The molecule has 1 N–H and O–H groups in total. The Morgan fingerprint density at radius 3 is 2.09 bits per heavy atom. The summed E-state index contributed by atoms with van der Waals surface area (Å²) in [6.07, 6.45) is 0. The van der Waals surface area contributed by atoms with Gasteiger partial charge < -0.3 is 10.2 Å². The van der Waals surface area contributed by atoms with Crippen molar-refractivity contribution < 1.29 is 4.84 Å². The summed E-state index contributed by atoms with van der Waals surface area (Å²) in [7, 11) is 0. The van der Waals surface area contributed by atoms with Gasteiger partial charge in [0.25, 0.3) is 0 Å². The standard InChI is InChI=1S/C8H16N2O/c1-7(2,3)6-9-8(4,5)11-10-6/h1-5H3,(H,9,10). The van der Waals surface area contributed by atoms with Crippen molar-refractivity contribution in [2.24, 2.45) is 10.6 Å². The van der Waals surface area contributed by atoms with Crippen LogP contribution in [0.25, 0.3) is 0 Å². The Labute approximate surface area is 67.8 Å². The fourth-order valence-electron chi connectivity index (χ4n) is 0.815. The summed E-state index contributed by atoms with van der Waals surface area (Å²) < 4.78 is 0. The summed E-state index contributed by atoms with van der Waals surface area (Å²) in [6.45, 7) is 10.2. The van der Waals surface area contributed by atoms with Crippen LogP contribution in [0.15, 0.2) is 5.16 Å². The number of nitrogens with zero attached hydrogens (tertiary/aromatic N) is 1. The van der Waals surface area contributed by atoms with Gasteiger partial charge in [-0.25, -0.2) is 0 Å². The van der Waals surface area contributed by atoms with E-state index in [1.54, 1.807) is 0 Å². The van der Waals surface area contributed by atoms with Crippen molar-refractivity contribution in [3.63, 3.8) is 0 Å². The number of nitrogens with one attached hydrogen (secondary N) is 1. The van der Waals surface area contributed by atoms with E-state index in [9.17, 15) is 0 Å². The van der Waals surface area contributed by atoms with Crippen molar-refractivity contribution in [1.82, 2.24) is 5.32 Å². The highest BCUT2D eigenvalue weighted by Crippen LogP contribution is 2.22. The Hall–Kier alpha value is -0.730. The number of hydrogen-bond acceptors (Lipinski definition) is 3. The number of rotatable bonds is 0. The predicted molar refractivity (Wildman–Crippen MR) is 45.2 cm³/mol. The second-order valence-electron chi connectivity index (χ2n) is 4.42. The fourth-order valence-corrected chi connectivity index (χ4v) is 0.815. The molecule has 0 bridgehead atoms. The highest BCUT2D eigenvalue weighted by molar-refractivity contribution is 5.87. The first-order valence-corrected chi connectivity index (χ1v) is 3.86. The van der Waals surface area contributed by atoms with Gasteiger partial charge in [0.1, 0.15) is 5.84 Å². The van der Waals surface area contributed by atoms with E-state index in [0.29, 0.717) is 0 Å². The van der Waals surface area contributed by atoms with Crippen molar-refractivity contribution in [2.45, 2.75) is 40.3 Å². The molecule has 0 aromatic rings. The van der Waals surface area contributed by atoms with Crippen LogP contribution in [-0.4, -0.2) is 11.6 Å². The van der Waals surface area contributed by atoms with E-state index in [1.165, 1.54) is 0 Å². The molecule has 0 radical (unpaired) electrons. The second kappa shape index (κ2) is 2.13. The van der Waals surface area contributed by atoms with Crippen LogP contribution >= 0.6 is 0 Å². The van der Waals surface area contributed by atoms with Gasteiger partial charge in [-0.1, -0.05) is 25.9 Å². The molecule has 1 aliphatic rings. The van der Waals surface area contributed by atoms with Gasteiger partial charge in [0.15, 0.2) is 0 Å². The minimum absolute atomic E-state index is 0.0494. The van der Waals surface area contributed by atoms with Gasteiger partial charge in [-0.05, 0) is 13.8 Å². The van der Waals surface area contributed by atoms with Crippen molar-refractivity contribution in [1.29, 1.82) is 0 Å². The van der Waals surface area contributed by atoms with Gasteiger partial charge in [0, 0.05) is 5.41 Å². The monoisotopic (exact) mass is 156 g/mol. The Kier molecular flexibility index (Phi) is 1.62. The Balaban J connectivity index is 2.68. The lowest BCUT2D eigenvalue weighted by Crippen LogP contribution is -2.43. The number of amidine groups is 1. The third-order valence-corrected chi connectivity index (χ3v) is 1.49. The van der Waals surface area contributed by atoms with Crippen molar-refractivity contribution in [3.8, 4) is 0 Å². The molecule has 64 valence electrons. The Morgan fingerprint density at radius 2 is 1.91 bits per heavy atom. The van der Waals surface area contributed by atoms with Crippen LogP contribution in [0.1, 0.15) is 34.6 Å². The molecule has 0 saturated carbocycles. The fraction of sp³-hybridized carbons (Fsp3) is 0.875. The maximum atomic E-state index is 5.16. The van der Waals surface area contributed by atoms with Gasteiger partial charge in [-0.3, -0.25) is 0 Å². The molecule has 0 aliphatic carbocycles. The molecule has 0 aromatic heterocycles. The number of oxime groups is 1. The van der Waals surface area contributed by atoms with Crippen molar-refractivity contribution >= 4 is 5.84 Å². The third-order valence-electron chi connectivity index (χ3n) is 1.49. The first-order chi connectivity index (χ1) is 4.81. The maximum absolute atomic E-state index is 5.16. The summed E-state index contributed by atoms with van der Waals surface area (Å²) in [4.78, 5) is 5.16. The summed E-state index contributed by atoms with van der Waals surface area (Å²) in [5, 5.41) is 7.16. The molecule has 1 rings (SSSR count). The normalized spacial score (nSPS) is 22.1. The molecule has 11 heavy (non-hydrogen) atoms. The highest BCUT2D eigenvalue weighted by Gasteiger charge is 2.33. The van der Waals surface area contributed by atoms with E-state index in [2.05, 4.69) is 31.2 Å². The average Bonchev–Trinajstić information content (AvgIpc) is 2.07. The molecular weight excluding hydrogens is 140 g/mol. The van der Waals surface area contributed by atoms with Gasteiger partial charge in [-0.2, -0.15) is 0 Å². The zero-order valence-corrected chi connectivity index (χ0v) is 7.86. The van der Waals surface area contributed by atoms with Gasteiger partial charge in [0.05, 0.1) is 0 Å². The van der Waals surface area contributed by atoms with Crippen molar-refractivity contribution in [2.75, 3.05) is 0 Å². The van der Waals surface area contributed by atoms with Crippen LogP contribution in [-0.2, 0) is 4.84 Å². The zero-order valence-electron chi connectivity index (χ0n) is 7.86. The van der Waals surface area contributed by atoms with E-state index in [-0.39, 0.29) is 11.1 Å². The maximum Gasteiger partial charge on any atom is 0.203 e. The summed E-state index contributed by atoms with van der Waals surface area (Å²) >= 11 is 0. The summed E-state index contributed by atoms with van der Waals surface area (Å²) in [5.74, 6) is 0.919. The largest absolute Gasteiger partial charge is 0.366 e. The van der Waals surface area contributed by atoms with Gasteiger partial charge >= 0.3 is 0 Å². The quantitative estimate of drug-likeness (QED) is 0.579. The molecule has 0 unspecified atom stereocenters. The first kappa shape index (κ1) is 8.37. The third kappa shape index (κ3) is 1.85. The summed E-state index contributed by atoms with van der Waals surface area (Å²) in [5.41, 5.74) is -0.281. The molecule has 0 spiro atoms. The highest BCUT2D eigenvalue weighted by atomic mass is 16.7. The molecule has 0 amide bonds. The Bertz CT molecular complexity index is 189. The average molecular weight is 156 g/mol. The molecule has 0 fully saturated rings. The molecule has 1 heterocycles. The van der Waals surface area contributed by atoms with Crippen LogP contribution in [0.5, 0.6) is 0 Å². The molecule has 1 aliphatic heterocycles. The molecular formula is C8H16N2O. The smallest absolute Gasteiger partial charge is 0.203 e. The summed E-state index contributed by atoms with van der Waals surface area (Å²) in [6, 6.07) is 0. The molecule has 0 aromatic carbocycles. The van der Waals surface area contributed by atoms with Crippen LogP contribution < -0.4 is 5.32 Å². The number of hydrogen-bond donors (Lipinski definition) is 1. The minimum Gasteiger partial charge on any atom is -0.366 e. The first-order valence-electron chi connectivity index (χ1n) is 3.86. The van der Waals surface area contributed by atoms with E-state index in [4.69, 9.17) is 4.84 Å². The lowest BCUT2D eigenvalue weighted by Gasteiger charge is -2.21. The molecule has 0 saturated heterocycles. The lowest BCUT2D eigenvalue weighted by atomic mass is 9.95.